The highest BCUT2D eigenvalue weighted by Crippen LogP contribution is 2.36. The van der Waals surface area contributed by atoms with Crippen LogP contribution in [0.5, 0.6) is 0 Å². The Bertz CT molecular complexity index is 1220. The Morgan fingerprint density at radius 1 is 1.09 bits per heavy atom. The highest BCUT2D eigenvalue weighted by molar-refractivity contribution is 6.30. The maximum Gasteiger partial charge on any atom is 0.137 e. The summed E-state index contributed by atoms with van der Waals surface area (Å²) >= 11 is 5.91. The molecule has 2 aromatic carbocycles. The van der Waals surface area contributed by atoms with E-state index in [9.17, 15) is 13.9 Å². The summed E-state index contributed by atoms with van der Waals surface area (Å²) in [6.07, 6.45) is 9.89. The third kappa shape index (κ3) is 4.61. The van der Waals surface area contributed by atoms with Gasteiger partial charge < -0.3 is 5.11 Å². The first-order valence-electron chi connectivity index (χ1n) is 9.83. The first-order valence-corrected chi connectivity index (χ1v) is 10.2. The first kappa shape index (κ1) is 21.9. The monoisotopic (exact) mass is 455 g/mol. The van der Waals surface area contributed by atoms with Crippen LogP contribution in [-0.4, -0.2) is 29.7 Å². The Kier molecular flexibility index (Phi) is 6.16. The van der Waals surface area contributed by atoms with Gasteiger partial charge in [0.1, 0.15) is 29.9 Å². The second-order valence-electron chi connectivity index (χ2n) is 7.46. The van der Waals surface area contributed by atoms with Crippen molar-refractivity contribution in [2.45, 2.75) is 25.1 Å². The third-order valence-electron chi connectivity index (χ3n) is 5.31. The highest BCUT2D eigenvalue weighted by atomic mass is 35.5. The standard InChI is InChI=1S/C23H20ClF2N5O/c1-16(31-12-18(11-28-31)3-2-17-4-6-19(24)7-5-17)23(32,13-30-15-27-14-29-30)21-9-8-20(25)10-22(21)26/h2-12,14-16,32H,13H2,1H3/t16-,23-/m1/s1. The fourth-order valence-electron chi connectivity index (χ4n) is 3.48. The van der Waals surface area contributed by atoms with Crippen LogP contribution in [0.1, 0.15) is 29.7 Å². The predicted octanol–water partition coefficient (Wildman–Crippen LogP) is 4.73. The summed E-state index contributed by atoms with van der Waals surface area (Å²) < 4.78 is 31.1. The molecule has 6 nitrogen and oxygen atoms in total. The van der Waals surface area contributed by atoms with Gasteiger partial charge in [0.15, 0.2) is 0 Å². The van der Waals surface area contributed by atoms with Gasteiger partial charge in [0.05, 0.1) is 18.8 Å². The molecule has 0 amide bonds. The van der Waals surface area contributed by atoms with E-state index < -0.39 is 23.3 Å². The minimum atomic E-state index is -1.78. The lowest BCUT2D eigenvalue weighted by Crippen LogP contribution is -2.40. The Hall–Kier alpha value is -3.36. The molecule has 2 aromatic heterocycles. The number of halogens is 3. The van der Waals surface area contributed by atoms with E-state index in [-0.39, 0.29) is 12.1 Å². The second kappa shape index (κ2) is 9.02. The van der Waals surface area contributed by atoms with Crippen molar-refractivity contribution in [2.75, 3.05) is 0 Å². The average molecular weight is 456 g/mol. The zero-order valence-corrected chi connectivity index (χ0v) is 17.9. The van der Waals surface area contributed by atoms with Crippen LogP contribution in [0.3, 0.4) is 0 Å². The number of rotatable bonds is 7. The van der Waals surface area contributed by atoms with Crippen molar-refractivity contribution in [3.8, 4) is 0 Å². The first-order chi connectivity index (χ1) is 15.3. The lowest BCUT2D eigenvalue weighted by molar-refractivity contribution is -0.0369. The molecule has 9 heteroatoms. The number of hydrogen-bond acceptors (Lipinski definition) is 4. The van der Waals surface area contributed by atoms with E-state index >= 15 is 0 Å². The lowest BCUT2D eigenvalue weighted by atomic mass is 9.86. The second-order valence-corrected chi connectivity index (χ2v) is 7.89. The van der Waals surface area contributed by atoms with E-state index in [1.165, 1.54) is 23.4 Å². The average Bonchev–Trinajstić information content (AvgIpc) is 3.44. The number of benzene rings is 2. The summed E-state index contributed by atoms with van der Waals surface area (Å²) in [5, 5.41) is 20.7. The minimum Gasteiger partial charge on any atom is -0.381 e. The molecule has 0 unspecified atom stereocenters. The molecular formula is C23H20ClF2N5O. The minimum absolute atomic E-state index is 0.0596. The van der Waals surface area contributed by atoms with Crippen molar-refractivity contribution in [1.82, 2.24) is 24.5 Å². The molecule has 0 aliphatic heterocycles. The normalized spacial score (nSPS) is 14.5. The maximum absolute atomic E-state index is 14.7. The van der Waals surface area contributed by atoms with E-state index in [0.29, 0.717) is 5.02 Å². The predicted molar refractivity (Wildman–Crippen MR) is 118 cm³/mol. The Morgan fingerprint density at radius 3 is 2.53 bits per heavy atom. The van der Waals surface area contributed by atoms with Crippen LogP contribution in [0.15, 0.2) is 67.5 Å². The molecule has 1 N–H and O–H groups in total. The highest BCUT2D eigenvalue weighted by Gasteiger charge is 2.40. The summed E-state index contributed by atoms with van der Waals surface area (Å²) in [5.74, 6) is -1.58. The number of aliphatic hydroxyl groups is 1. The fourth-order valence-corrected chi connectivity index (χ4v) is 3.61. The molecule has 0 saturated carbocycles. The van der Waals surface area contributed by atoms with Crippen LogP contribution in [0.2, 0.25) is 5.02 Å². The molecule has 2 heterocycles. The fraction of sp³-hybridized carbons (Fsp3) is 0.174. The summed E-state index contributed by atoms with van der Waals surface area (Å²) in [4.78, 5) is 3.88. The van der Waals surface area contributed by atoms with E-state index in [1.807, 2.05) is 24.3 Å². The Balaban J connectivity index is 1.65. The topological polar surface area (TPSA) is 68.8 Å². The van der Waals surface area contributed by atoms with Gasteiger partial charge in [-0.15, -0.1) is 0 Å². The molecule has 4 rings (SSSR count). The van der Waals surface area contributed by atoms with Crippen LogP contribution < -0.4 is 0 Å². The van der Waals surface area contributed by atoms with Gasteiger partial charge in [0, 0.05) is 28.4 Å². The van der Waals surface area contributed by atoms with E-state index in [1.54, 1.807) is 36.1 Å². The summed E-state index contributed by atoms with van der Waals surface area (Å²) in [5.41, 5.74) is -0.0919. The summed E-state index contributed by atoms with van der Waals surface area (Å²) in [7, 11) is 0. The van der Waals surface area contributed by atoms with Gasteiger partial charge in [-0.1, -0.05) is 42.0 Å². The molecule has 32 heavy (non-hydrogen) atoms. The molecule has 0 aliphatic carbocycles. The molecule has 0 aliphatic rings. The molecule has 0 saturated heterocycles. The van der Waals surface area contributed by atoms with Crippen LogP contribution in [-0.2, 0) is 12.1 Å². The van der Waals surface area contributed by atoms with Gasteiger partial charge in [-0.05, 0) is 30.7 Å². The number of aromatic nitrogens is 5. The lowest BCUT2D eigenvalue weighted by Gasteiger charge is -2.34. The molecule has 4 aromatic rings. The smallest absolute Gasteiger partial charge is 0.137 e. The largest absolute Gasteiger partial charge is 0.381 e. The van der Waals surface area contributed by atoms with E-state index in [0.717, 1.165) is 23.3 Å². The van der Waals surface area contributed by atoms with Gasteiger partial charge in [-0.25, -0.2) is 18.4 Å². The third-order valence-corrected chi connectivity index (χ3v) is 5.57. The molecule has 0 bridgehead atoms. The number of nitrogens with zero attached hydrogens (tertiary/aromatic N) is 5. The van der Waals surface area contributed by atoms with Gasteiger partial charge in [-0.2, -0.15) is 10.2 Å². The van der Waals surface area contributed by atoms with Crippen LogP contribution in [0, 0.1) is 11.6 Å². The number of hydrogen-bond donors (Lipinski definition) is 1. The maximum atomic E-state index is 14.7. The Morgan fingerprint density at radius 2 is 1.84 bits per heavy atom. The van der Waals surface area contributed by atoms with Gasteiger partial charge in [-0.3, -0.25) is 4.68 Å². The zero-order valence-electron chi connectivity index (χ0n) is 17.1. The molecular weight excluding hydrogens is 436 g/mol. The molecule has 0 fully saturated rings. The van der Waals surface area contributed by atoms with Crippen LogP contribution >= 0.6 is 11.6 Å². The summed E-state index contributed by atoms with van der Waals surface area (Å²) in [6.45, 7) is 1.60. The zero-order chi connectivity index (χ0) is 22.7. The van der Waals surface area contributed by atoms with Crippen molar-refractivity contribution in [2.24, 2.45) is 0 Å². The van der Waals surface area contributed by atoms with Crippen molar-refractivity contribution >= 4 is 23.8 Å². The van der Waals surface area contributed by atoms with Gasteiger partial charge in [0.2, 0.25) is 0 Å². The van der Waals surface area contributed by atoms with Gasteiger partial charge in [0.25, 0.3) is 0 Å². The van der Waals surface area contributed by atoms with E-state index in [2.05, 4.69) is 15.2 Å². The van der Waals surface area contributed by atoms with Gasteiger partial charge >= 0.3 is 0 Å². The van der Waals surface area contributed by atoms with Crippen molar-refractivity contribution in [1.29, 1.82) is 0 Å². The van der Waals surface area contributed by atoms with Crippen molar-refractivity contribution in [3.63, 3.8) is 0 Å². The Labute approximate surface area is 188 Å². The van der Waals surface area contributed by atoms with Crippen molar-refractivity contribution < 1.29 is 13.9 Å². The quantitative estimate of drug-likeness (QED) is 0.437. The van der Waals surface area contributed by atoms with Crippen LogP contribution in [0.4, 0.5) is 8.78 Å². The van der Waals surface area contributed by atoms with Crippen LogP contribution in [0.25, 0.3) is 12.2 Å². The SMILES string of the molecule is C[C@@H](n1cc(C=Cc2ccc(Cl)cc2)cn1)[C@](O)(Cn1cncn1)c1ccc(F)cc1F. The van der Waals surface area contributed by atoms with Crippen molar-refractivity contribution in [3.05, 3.63) is 101 Å². The molecule has 0 spiro atoms. The summed E-state index contributed by atoms with van der Waals surface area (Å²) in [6, 6.07) is 9.76. The van der Waals surface area contributed by atoms with E-state index in [4.69, 9.17) is 11.6 Å². The molecule has 164 valence electrons. The molecule has 0 radical (unpaired) electrons. The molecule has 2 atom stereocenters.